The molecule has 0 aromatic carbocycles. The molecule has 0 bridgehead atoms. The van der Waals surface area contributed by atoms with Crippen molar-refractivity contribution in [2.24, 2.45) is 11.8 Å². The van der Waals surface area contributed by atoms with Crippen molar-refractivity contribution in [1.29, 1.82) is 0 Å². The van der Waals surface area contributed by atoms with Crippen molar-refractivity contribution in [3.05, 3.63) is 0 Å². The van der Waals surface area contributed by atoms with Gasteiger partial charge in [0.05, 0.1) is 19.4 Å². The molecule has 2 N–H and O–H groups in total. The maximum atomic E-state index is 12.9. The van der Waals surface area contributed by atoms with E-state index in [4.69, 9.17) is 9.84 Å². The fourth-order valence-corrected chi connectivity index (χ4v) is 3.82. The number of rotatable bonds is 9. The molecule has 2 saturated carbocycles. The van der Waals surface area contributed by atoms with Crippen molar-refractivity contribution in [2.75, 3.05) is 6.61 Å². The molecular formula is C23H37F4LiO7. The molecule has 7 nitrogen and oxygen atoms in total. The summed E-state index contributed by atoms with van der Waals surface area (Å²) in [6, 6.07) is 0. The van der Waals surface area contributed by atoms with Gasteiger partial charge in [-0.15, -0.1) is 0 Å². The minimum atomic E-state index is -2.64. The molecule has 35 heavy (non-hydrogen) atoms. The van der Waals surface area contributed by atoms with Crippen LogP contribution in [0.15, 0.2) is 0 Å². The van der Waals surface area contributed by atoms with Crippen LogP contribution in [0.2, 0.25) is 0 Å². The summed E-state index contributed by atoms with van der Waals surface area (Å²) in [4.78, 5) is 44.3. The Morgan fingerprint density at radius 1 is 0.771 bits per heavy atom. The fraction of sp³-hybridized carbons (Fsp3) is 0.826. The second-order valence-electron chi connectivity index (χ2n) is 8.39. The van der Waals surface area contributed by atoms with Gasteiger partial charge in [-0.05, 0) is 32.6 Å². The van der Waals surface area contributed by atoms with Crippen molar-refractivity contribution in [2.45, 2.75) is 103 Å². The van der Waals surface area contributed by atoms with E-state index in [1.165, 1.54) is 0 Å². The number of carbonyl (C=O) groups is 4. The van der Waals surface area contributed by atoms with Gasteiger partial charge in [0.1, 0.15) is 11.6 Å². The SMILES string of the molecule is C.CCOC(=O)CCC(=O)C1CCC(F)(F)CC1.O=C(O)CCC(=O)C1CCC(F)(F)CC1.[Li+].[OH-]. The number of hydrogen-bond donors (Lipinski definition) is 1. The zero-order valence-corrected chi connectivity index (χ0v) is 19.8. The van der Waals surface area contributed by atoms with Crippen LogP contribution in [-0.2, 0) is 23.9 Å². The Morgan fingerprint density at radius 3 is 1.43 bits per heavy atom. The number of Topliss-reactive ketones (excluding diaryl/α,β-unsaturated/α-hetero) is 2. The molecule has 2 aliphatic rings. The van der Waals surface area contributed by atoms with Crippen LogP contribution in [-0.4, -0.2) is 52.5 Å². The van der Waals surface area contributed by atoms with E-state index in [1.807, 2.05) is 0 Å². The monoisotopic (exact) mass is 508 g/mol. The molecule has 0 aromatic rings. The Bertz CT molecular complexity index is 654. The number of carboxylic acid groups (broad SMARTS) is 1. The van der Waals surface area contributed by atoms with E-state index in [0.29, 0.717) is 6.61 Å². The topological polar surface area (TPSA) is 128 Å². The number of halogens is 4. The Hall–Kier alpha value is -1.44. The van der Waals surface area contributed by atoms with Crippen molar-refractivity contribution in [1.82, 2.24) is 0 Å². The minimum absolute atomic E-state index is 0. The Kier molecular flexibility index (Phi) is 19.5. The molecule has 12 heteroatoms. The number of carboxylic acids is 1. The zero-order chi connectivity index (χ0) is 24.4. The van der Waals surface area contributed by atoms with Gasteiger partial charge in [0.2, 0.25) is 11.8 Å². The van der Waals surface area contributed by atoms with E-state index in [0.717, 1.165) is 0 Å². The number of carbonyl (C=O) groups excluding carboxylic acids is 3. The quantitative estimate of drug-likeness (QED) is 0.288. The molecule has 0 spiro atoms. The third kappa shape index (κ3) is 16.0. The number of esters is 1. The molecule has 0 saturated heterocycles. The maximum Gasteiger partial charge on any atom is 1.00 e. The Morgan fingerprint density at radius 2 is 1.11 bits per heavy atom. The molecule has 0 amide bonds. The van der Waals surface area contributed by atoms with Crippen LogP contribution >= 0.6 is 0 Å². The van der Waals surface area contributed by atoms with E-state index in [9.17, 15) is 36.7 Å². The van der Waals surface area contributed by atoms with Crippen LogP contribution < -0.4 is 18.9 Å². The smallest absolute Gasteiger partial charge is 0.870 e. The molecule has 0 radical (unpaired) electrons. The van der Waals surface area contributed by atoms with E-state index in [1.54, 1.807) is 6.92 Å². The third-order valence-electron chi connectivity index (χ3n) is 5.81. The number of ketones is 2. The first-order valence-electron chi connectivity index (χ1n) is 11.0. The average molecular weight is 508 g/mol. The third-order valence-corrected chi connectivity index (χ3v) is 5.81. The summed E-state index contributed by atoms with van der Waals surface area (Å²) >= 11 is 0. The standard InChI is InChI=1S/C12H18F2O3.C10H14F2O3.CH4.Li.H2O/c1-2-17-11(16)4-3-10(15)9-5-7-12(13,14)8-6-9;11-10(12)5-3-7(4-6-10)8(13)1-2-9(14)15;;;/h9H,2-8H2,1H3;7H,1-6H2,(H,14,15);1H4;;1H2/q;;;+1;/p-1. The van der Waals surface area contributed by atoms with Crippen molar-refractivity contribution in [3.63, 3.8) is 0 Å². The first-order chi connectivity index (χ1) is 14.8. The predicted octanol–water partition coefficient (Wildman–Crippen LogP) is 2.43. The van der Waals surface area contributed by atoms with Crippen molar-refractivity contribution >= 4 is 23.5 Å². The van der Waals surface area contributed by atoms with Gasteiger partial charge in [0.15, 0.2) is 0 Å². The molecule has 0 atom stereocenters. The summed E-state index contributed by atoms with van der Waals surface area (Å²) in [6.45, 7) is 1.99. The van der Waals surface area contributed by atoms with Crippen molar-refractivity contribution in [3.8, 4) is 0 Å². The van der Waals surface area contributed by atoms with Crippen LogP contribution in [0.25, 0.3) is 0 Å². The fourth-order valence-electron chi connectivity index (χ4n) is 3.82. The summed E-state index contributed by atoms with van der Waals surface area (Å²) in [7, 11) is 0. The number of ether oxygens (including phenoxy) is 1. The van der Waals surface area contributed by atoms with Gasteiger partial charge >= 0.3 is 30.8 Å². The van der Waals surface area contributed by atoms with Crippen LogP contribution in [0.5, 0.6) is 0 Å². The van der Waals surface area contributed by atoms with Gasteiger partial charge in [-0.1, -0.05) is 7.43 Å². The first-order valence-corrected chi connectivity index (χ1v) is 11.0. The predicted molar refractivity (Wildman–Crippen MR) is 115 cm³/mol. The first kappa shape index (κ1) is 38.1. The van der Waals surface area contributed by atoms with Crippen molar-refractivity contribution < 1.29 is 70.9 Å². The summed E-state index contributed by atoms with van der Waals surface area (Å²) in [6.07, 6.45) is -0.190. The van der Waals surface area contributed by atoms with Gasteiger partial charge in [0, 0.05) is 50.4 Å². The van der Waals surface area contributed by atoms with Gasteiger partial charge in [-0.3, -0.25) is 19.2 Å². The van der Waals surface area contributed by atoms with E-state index >= 15 is 0 Å². The maximum absolute atomic E-state index is 12.9. The summed E-state index contributed by atoms with van der Waals surface area (Å²) < 4.78 is 55.9. The molecule has 2 rings (SSSR count). The summed E-state index contributed by atoms with van der Waals surface area (Å²) in [5.41, 5.74) is 0. The Labute approximate surface area is 216 Å². The molecule has 2 aliphatic carbocycles. The largest absolute Gasteiger partial charge is 1.00 e. The van der Waals surface area contributed by atoms with Crippen LogP contribution in [0.3, 0.4) is 0 Å². The van der Waals surface area contributed by atoms with Gasteiger partial charge < -0.3 is 15.3 Å². The van der Waals surface area contributed by atoms with Gasteiger partial charge in [-0.2, -0.15) is 0 Å². The van der Waals surface area contributed by atoms with Crippen LogP contribution in [0.1, 0.15) is 91.4 Å². The molecule has 0 aliphatic heterocycles. The van der Waals surface area contributed by atoms with Crippen LogP contribution in [0, 0.1) is 11.8 Å². The van der Waals surface area contributed by atoms with E-state index < -0.39 is 23.8 Å². The van der Waals surface area contributed by atoms with Crippen LogP contribution in [0.4, 0.5) is 17.6 Å². The number of aliphatic carboxylic acids is 1. The molecular weight excluding hydrogens is 471 g/mol. The molecule has 200 valence electrons. The second kappa shape index (κ2) is 17.9. The average Bonchev–Trinajstić information content (AvgIpc) is 2.71. The Balaban J connectivity index is -0.000000542. The summed E-state index contributed by atoms with van der Waals surface area (Å²) in [5, 5.41) is 8.37. The molecule has 0 heterocycles. The van der Waals surface area contributed by atoms with E-state index in [-0.39, 0.29) is 132 Å². The molecule has 0 aromatic heterocycles. The van der Waals surface area contributed by atoms with Gasteiger partial charge in [0.25, 0.3) is 0 Å². The molecule has 0 unspecified atom stereocenters. The number of alkyl halides is 4. The normalized spacial score (nSPS) is 18.8. The zero-order valence-electron chi connectivity index (χ0n) is 19.8. The minimum Gasteiger partial charge on any atom is -0.870 e. The number of hydrogen-bond acceptors (Lipinski definition) is 6. The van der Waals surface area contributed by atoms with E-state index in [2.05, 4.69) is 0 Å². The second-order valence-corrected chi connectivity index (χ2v) is 8.39. The molecule has 2 fully saturated rings. The van der Waals surface area contributed by atoms with Gasteiger partial charge in [-0.25, -0.2) is 17.6 Å². The summed E-state index contributed by atoms with van der Waals surface area (Å²) in [5.74, 6) is -7.61.